The van der Waals surface area contributed by atoms with Gasteiger partial charge in [-0.15, -0.1) is 10.2 Å². The fourth-order valence-electron chi connectivity index (χ4n) is 3.16. The molecule has 0 aliphatic carbocycles. The fraction of sp³-hybridized carbons (Fsp3) is 0.471. The molecule has 0 spiro atoms. The molecule has 7 heteroatoms. The first kappa shape index (κ1) is 15.5. The van der Waals surface area contributed by atoms with Gasteiger partial charge in [-0.2, -0.15) is 0 Å². The predicted octanol–water partition coefficient (Wildman–Crippen LogP) is 4.33. The van der Waals surface area contributed by atoms with Gasteiger partial charge >= 0.3 is 0 Å². The molecule has 5 nitrogen and oxygen atoms in total. The molecule has 3 heterocycles. The summed E-state index contributed by atoms with van der Waals surface area (Å²) in [6.45, 7) is 6.12. The van der Waals surface area contributed by atoms with E-state index in [2.05, 4.69) is 34.1 Å². The summed E-state index contributed by atoms with van der Waals surface area (Å²) < 4.78 is 18.6. The third-order valence-electron chi connectivity index (χ3n) is 4.54. The minimum Gasteiger partial charge on any atom is -0.356 e. The molecule has 0 unspecified atom stereocenters. The smallest absolute Gasteiger partial charge is 0.208 e. The first-order valence-corrected chi connectivity index (χ1v) is 9.06. The average molecular weight is 346 g/mol. The van der Waals surface area contributed by atoms with Crippen molar-refractivity contribution in [3.8, 4) is 0 Å². The number of halogens is 1. The fourth-order valence-corrected chi connectivity index (χ4v) is 4.05. The van der Waals surface area contributed by atoms with Crippen molar-refractivity contribution >= 4 is 27.4 Å². The van der Waals surface area contributed by atoms with Gasteiger partial charge in [0.2, 0.25) is 5.13 Å². The number of aromatic nitrogens is 3. The molecule has 1 aliphatic rings. The molecule has 4 rings (SSSR count). The molecule has 1 saturated heterocycles. The third kappa shape index (κ3) is 2.77. The van der Waals surface area contributed by atoms with E-state index >= 15 is 0 Å². The first-order chi connectivity index (χ1) is 11.6. The highest BCUT2D eigenvalue weighted by molar-refractivity contribution is 7.15. The van der Waals surface area contributed by atoms with Crippen LogP contribution in [0.4, 0.5) is 9.52 Å². The minimum atomic E-state index is -0.294. The van der Waals surface area contributed by atoms with Gasteiger partial charge in [-0.25, -0.2) is 4.39 Å². The van der Waals surface area contributed by atoms with Crippen molar-refractivity contribution in [2.24, 2.45) is 0 Å². The number of anilines is 1. The van der Waals surface area contributed by atoms with Crippen LogP contribution in [0.3, 0.4) is 0 Å². The molecular formula is C17H19FN4OS. The van der Waals surface area contributed by atoms with Crippen LogP contribution in [0.25, 0.3) is 11.0 Å². The van der Waals surface area contributed by atoms with Crippen LogP contribution in [0.5, 0.6) is 0 Å². The first-order valence-electron chi connectivity index (χ1n) is 8.25. The number of benzene rings is 1. The summed E-state index contributed by atoms with van der Waals surface area (Å²) in [7, 11) is 0. The highest BCUT2D eigenvalue weighted by Crippen LogP contribution is 2.35. The Bertz CT molecular complexity index is 851. The van der Waals surface area contributed by atoms with Crippen molar-refractivity contribution < 1.29 is 8.91 Å². The van der Waals surface area contributed by atoms with E-state index < -0.39 is 0 Å². The Morgan fingerprint density at radius 3 is 2.75 bits per heavy atom. The zero-order valence-corrected chi connectivity index (χ0v) is 14.5. The predicted molar refractivity (Wildman–Crippen MR) is 92.2 cm³/mol. The van der Waals surface area contributed by atoms with E-state index in [0.717, 1.165) is 47.2 Å². The average Bonchev–Trinajstić information content (AvgIpc) is 3.22. The molecular weight excluding hydrogens is 327 g/mol. The van der Waals surface area contributed by atoms with Crippen LogP contribution < -0.4 is 4.90 Å². The van der Waals surface area contributed by atoms with Crippen molar-refractivity contribution in [3.05, 3.63) is 34.7 Å². The van der Waals surface area contributed by atoms with Gasteiger partial charge in [-0.3, -0.25) is 0 Å². The van der Waals surface area contributed by atoms with E-state index in [0.29, 0.717) is 17.4 Å². The Balaban J connectivity index is 1.49. The zero-order valence-electron chi connectivity index (χ0n) is 13.7. The quantitative estimate of drug-likeness (QED) is 0.707. The summed E-state index contributed by atoms with van der Waals surface area (Å²) in [5.41, 5.74) is 1.47. The molecule has 0 atom stereocenters. The van der Waals surface area contributed by atoms with Crippen LogP contribution in [0.2, 0.25) is 0 Å². The lowest BCUT2D eigenvalue weighted by atomic mass is 9.92. The Hall–Kier alpha value is -2.02. The van der Waals surface area contributed by atoms with E-state index in [-0.39, 0.29) is 5.82 Å². The third-order valence-corrected chi connectivity index (χ3v) is 5.82. The minimum absolute atomic E-state index is 0.294. The van der Waals surface area contributed by atoms with E-state index in [4.69, 9.17) is 4.52 Å². The summed E-state index contributed by atoms with van der Waals surface area (Å²) >= 11 is 1.68. The molecule has 2 aromatic heterocycles. The lowest BCUT2D eigenvalue weighted by molar-refractivity contribution is 0.416. The number of fused-ring (bicyclic) bond motifs is 1. The maximum Gasteiger partial charge on any atom is 0.208 e. The van der Waals surface area contributed by atoms with Crippen LogP contribution in [0.1, 0.15) is 49.2 Å². The van der Waals surface area contributed by atoms with Crippen molar-refractivity contribution in [2.45, 2.75) is 38.5 Å². The second-order valence-electron chi connectivity index (χ2n) is 6.55. The van der Waals surface area contributed by atoms with E-state index in [1.807, 2.05) is 0 Å². The number of hydrogen-bond donors (Lipinski definition) is 0. The molecule has 0 bridgehead atoms. The highest BCUT2D eigenvalue weighted by Gasteiger charge is 2.26. The lowest BCUT2D eigenvalue weighted by Gasteiger charge is -2.30. The Morgan fingerprint density at radius 2 is 2.04 bits per heavy atom. The molecule has 0 radical (unpaired) electrons. The number of hydrogen-bond acceptors (Lipinski definition) is 6. The van der Waals surface area contributed by atoms with Gasteiger partial charge < -0.3 is 9.42 Å². The van der Waals surface area contributed by atoms with Crippen LogP contribution >= 0.6 is 11.3 Å². The van der Waals surface area contributed by atoms with Gasteiger partial charge in [-0.1, -0.05) is 30.3 Å². The van der Waals surface area contributed by atoms with Crippen molar-refractivity contribution in [1.82, 2.24) is 15.4 Å². The molecule has 0 amide bonds. The monoisotopic (exact) mass is 346 g/mol. The molecule has 1 aromatic carbocycles. The van der Waals surface area contributed by atoms with Crippen molar-refractivity contribution in [2.75, 3.05) is 18.0 Å². The van der Waals surface area contributed by atoms with Crippen LogP contribution in [-0.2, 0) is 0 Å². The summed E-state index contributed by atoms with van der Waals surface area (Å²) in [5.74, 6) is 0.457. The molecule has 126 valence electrons. The molecule has 0 saturated carbocycles. The van der Waals surface area contributed by atoms with Gasteiger partial charge in [0.1, 0.15) is 10.8 Å². The largest absolute Gasteiger partial charge is 0.356 e. The standard InChI is InChI=1S/C17H19FN4OS/c1-10(2)16-19-20-17(24-16)22-7-5-11(6-8-22)15-13-4-3-12(18)9-14(13)23-21-15/h3-4,9-11H,5-8H2,1-2H3. The highest BCUT2D eigenvalue weighted by atomic mass is 32.1. The topological polar surface area (TPSA) is 55.1 Å². The maximum atomic E-state index is 13.3. The van der Waals surface area contributed by atoms with Gasteiger partial charge in [-0.05, 0) is 25.0 Å². The lowest BCUT2D eigenvalue weighted by Crippen LogP contribution is -2.32. The van der Waals surface area contributed by atoms with Gasteiger partial charge in [0.15, 0.2) is 5.58 Å². The second-order valence-corrected chi connectivity index (χ2v) is 7.53. The van der Waals surface area contributed by atoms with Crippen molar-refractivity contribution in [1.29, 1.82) is 0 Å². The maximum absolute atomic E-state index is 13.3. The molecule has 3 aromatic rings. The van der Waals surface area contributed by atoms with Crippen LogP contribution in [-0.4, -0.2) is 28.4 Å². The van der Waals surface area contributed by atoms with Gasteiger partial charge in [0.05, 0.1) is 5.69 Å². The zero-order chi connectivity index (χ0) is 16.7. The number of rotatable bonds is 3. The van der Waals surface area contributed by atoms with E-state index in [1.165, 1.54) is 12.1 Å². The van der Waals surface area contributed by atoms with Crippen LogP contribution in [0, 0.1) is 5.82 Å². The van der Waals surface area contributed by atoms with E-state index in [9.17, 15) is 4.39 Å². The van der Waals surface area contributed by atoms with Crippen molar-refractivity contribution in [3.63, 3.8) is 0 Å². The normalized spacial score (nSPS) is 16.4. The van der Waals surface area contributed by atoms with E-state index in [1.54, 1.807) is 17.4 Å². The summed E-state index contributed by atoms with van der Waals surface area (Å²) in [5, 5.41) is 15.8. The molecule has 1 fully saturated rings. The number of piperidine rings is 1. The Morgan fingerprint density at radius 1 is 1.25 bits per heavy atom. The summed E-state index contributed by atoms with van der Waals surface area (Å²) in [6, 6.07) is 4.63. The van der Waals surface area contributed by atoms with Gasteiger partial charge in [0.25, 0.3) is 0 Å². The summed E-state index contributed by atoms with van der Waals surface area (Å²) in [4.78, 5) is 2.29. The Kier molecular flexibility index (Phi) is 3.96. The molecule has 24 heavy (non-hydrogen) atoms. The summed E-state index contributed by atoms with van der Waals surface area (Å²) in [6.07, 6.45) is 1.96. The molecule has 0 N–H and O–H groups in total. The second kappa shape index (κ2) is 6.12. The van der Waals surface area contributed by atoms with Crippen LogP contribution in [0.15, 0.2) is 22.7 Å². The Labute approximate surface area is 143 Å². The molecule has 1 aliphatic heterocycles. The van der Waals surface area contributed by atoms with Gasteiger partial charge in [0, 0.05) is 36.4 Å². The number of nitrogens with zero attached hydrogens (tertiary/aromatic N) is 4. The SMILES string of the molecule is CC(C)c1nnc(N2CCC(c3noc4cc(F)ccc34)CC2)s1.